The second-order valence-corrected chi connectivity index (χ2v) is 4.60. The van der Waals surface area contributed by atoms with Gasteiger partial charge >= 0.3 is 5.97 Å². The van der Waals surface area contributed by atoms with Gasteiger partial charge in [-0.3, -0.25) is 14.5 Å². The minimum atomic E-state index is -0.865. The van der Waals surface area contributed by atoms with Gasteiger partial charge in [0.05, 0.1) is 6.54 Å². The molecule has 1 rings (SSSR count). The van der Waals surface area contributed by atoms with Gasteiger partial charge in [0.1, 0.15) is 0 Å². The van der Waals surface area contributed by atoms with E-state index in [9.17, 15) is 9.59 Å². The van der Waals surface area contributed by atoms with Crippen molar-refractivity contribution < 1.29 is 19.8 Å². The lowest BCUT2D eigenvalue weighted by atomic mass is 9.91. The molecule has 98 valence electrons. The number of rotatable bonds is 5. The summed E-state index contributed by atoms with van der Waals surface area (Å²) < 4.78 is 0. The smallest absolute Gasteiger partial charge is 0.317 e. The highest BCUT2D eigenvalue weighted by Gasteiger charge is 2.28. The molecule has 1 saturated heterocycles. The van der Waals surface area contributed by atoms with Crippen LogP contribution < -0.4 is 5.32 Å². The summed E-state index contributed by atoms with van der Waals surface area (Å²) in [4.78, 5) is 23.5. The van der Waals surface area contributed by atoms with E-state index in [-0.39, 0.29) is 31.0 Å². The van der Waals surface area contributed by atoms with Gasteiger partial charge in [-0.1, -0.05) is 0 Å². The van der Waals surface area contributed by atoms with Crippen LogP contribution in [0.1, 0.15) is 19.8 Å². The molecule has 0 aliphatic carbocycles. The molecule has 0 radical (unpaired) electrons. The first-order valence-electron chi connectivity index (χ1n) is 5.83. The maximum Gasteiger partial charge on any atom is 0.317 e. The average Bonchev–Trinajstić information content (AvgIpc) is 2.14. The van der Waals surface area contributed by atoms with Crippen LogP contribution in [-0.2, 0) is 9.59 Å². The Morgan fingerprint density at radius 2 is 2.12 bits per heavy atom. The van der Waals surface area contributed by atoms with Gasteiger partial charge in [-0.05, 0) is 18.8 Å². The fourth-order valence-electron chi connectivity index (χ4n) is 2.41. The molecular weight excluding hydrogens is 224 g/mol. The number of carboxylic acid groups (broad SMARTS) is 1. The van der Waals surface area contributed by atoms with E-state index in [0.717, 1.165) is 6.42 Å². The molecule has 0 aromatic heterocycles. The van der Waals surface area contributed by atoms with Gasteiger partial charge in [0.15, 0.2) is 0 Å². The Morgan fingerprint density at radius 1 is 1.41 bits per heavy atom. The fraction of sp³-hybridized carbons (Fsp3) is 0.818. The SMILES string of the molecule is CC(=O)NC1CC(CCO)CN(CC(=O)O)C1. The number of hydrogen-bond acceptors (Lipinski definition) is 4. The van der Waals surface area contributed by atoms with Gasteiger partial charge in [0.25, 0.3) is 0 Å². The van der Waals surface area contributed by atoms with Gasteiger partial charge in [-0.15, -0.1) is 0 Å². The van der Waals surface area contributed by atoms with E-state index in [1.54, 1.807) is 0 Å². The first-order chi connectivity index (χ1) is 8.01. The van der Waals surface area contributed by atoms with Crippen LogP contribution >= 0.6 is 0 Å². The minimum absolute atomic E-state index is 0.0159. The Hall–Kier alpha value is -1.14. The van der Waals surface area contributed by atoms with Crippen LogP contribution in [-0.4, -0.2) is 59.3 Å². The van der Waals surface area contributed by atoms with Crippen molar-refractivity contribution in [3.8, 4) is 0 Å². The van der Waals surface area contributed by atoms with E-state index in [4.69, 9.17) is 10.2 Å². The summed E-state index contributed by atoms with van der Waals surface area (Å²) in [6.07, 6.45) is 1.45. The molecule has 6 nitrogen and oxygen atoms in total. The summed E-state index contributed by atoms with van der Waals surface area (Å²) in [6, 6.07) is -0.0165. The Morgan fingerprint density at radius 3 is 2.65 bits per heavy atom. The van der Waals surface area contributed by atoms with Gasteiger partial charge in [-0.2, -0.15) is 0 Å². The highest BCUT2D eigenvalue weighted by molar-refractivity contribution is 5.73. The third kappa shape index (κ3) is 5.14. The second-order valence-electron chi connectivity index (χ2n) is 4.60. The number of amides is 1. The number of aliphatic hydroxyl groups excluding tert-OH is 1. The molecule has 6 heteroatoms. The van der Waals surface area contributed by atoms with Crippen LogP contribution in [0.25, 0.3) is 0 Å². The molecular formula is C11H20N2O4. The molecule has 1 aliphatic rings. The molecule has 2 unspecified atom stereocenters. The Bertz CT molecular complexity index is 259. The Kier molecular flexibility index (Phi) is 5.37. The number of likely N-dealkylation sites (tertiary alicyclic amines) is 1. The highest BCUT2D eigenvalue weighted by atomic mass is 16.4. The van der Waals surface area contributed by atoms with Crippen LogP contribution in [0.3, 0.4) is 0 Å². The third-order valence-corrected chi connectivity index (χ3v) is 2.92. The molecule has 1 heterocycles. The molecule has 2 atom stereocenters. The standard InChI is InChI=1S/C11H20N2O4/c1-8(15)12-10-4-9(2-3-14)5-13(6-10)7-11(16)17/h9-10,14H,2-7H2,1H3,(H,12,15)(H,16,17). The number of hydrogen-bond donors (Lipinski definition) is 3. The maximum atomic E-state index is 11.0. The zero-order valence-corrected chi connectivity index (χ0v) is 10.1. The second kappa shape index (κ2) is 6.56. The minimum Gasteiger partial charge on any atom is -0.480 e. The van der Waals surface area contributed by atoms with Crippen LogP contribution in [0.5, 0.6) is 0 Å². The normalized spacial score (nSPS) is 25.5. The average molecular weight is 244 g/mol. The number of nitrogens with zero attached hydrogens (tertiary/aromatic N) is 1. The number of carbonyl (C=O) groups excluding carboxylic acids is 1. The number of piperidine rings is 1. The van der Waals surface area contributed by atoms with Crippen molar-refractivity contribution >= 4 is 11.9 Å². The summed E-state index contributed by atoms with van der Waals surface area (Å²) in [6.45, 7) is 2.77. The molecule has 0 aromatic rings. The summed E-state index contributed by atoms with van der Waals surface area (Å²) in [7, 11) is 0. The fourth-order valence-corrected chi connectivity index (χ4v) is 2.41. The number of aliphatic hydroxyl groups is 1. The Labute approximate surface area is 101 Å². The summed E-state index contributed by atoms with van der Waals surface area (Å²) in [5.74, 6) is -0.726. The molecule has 0 spiro atoms. The van der Waals surface area contributed by atoms with Crippen molar-refractivity contribution in [3.63, 3.8) is 0 Å². The molecule has 1 amide bonds. The van der Waals surface area contributed by atoms with Crippen molar-refractivity contribution in [1.82, 2.24) is 10.2 Å². The number of nitrogens with one attached hydrogen (secondary N) is 1. The van der Waals surface area contributed by atoms with E-state index >= 15 is 0 Å². The van der Waals surface area contributed by atoms with Gasteiger partial charge in [0, 0.05) is 32.7 Å². The van der Waals surface area contributed by atoms with E-state index in [1.807, 2.05) is 4.90 Å². The molecule has 0 bridgehead atoms. The van der Waals surface area contributed by atoms with E-state index in [1.165, 1.54) is 6.92 Å². The predicted molar refractivity (Wildman–Crippen MR) is 61.5 cm³/mol. The van der Waals surface area contributed by atoms with Crippen LogP contribution in [0.4, 0.5) is 0 Å². The summed E-state index contributed by atoms with van der Waals surface area (Å²) >= 11 is 0. The van der Waals surface area contributed by atoms with Gasteiger partial charge < -0.3 is 15.5 Å². The molecule has 3 N–H and O–H groups in total. The molecule has 0 aromatic carbocycles. The van der Waals surface area contributed by atoms with Gasteiger partial charge in [-0.25, -0.2) is 0 Å². The lowest BCUT2D eigenvalue weighted by Gasteiger charge is -2.37. The number of carboxylic acids is 1. The van der Waals surface area contributed by atoms with Crippen LogP contribution in [0, 0.1) is 5.92 Å². The first kappa shape index (κ1) is 13.9. The molecule has 1 fully saturated rings. The van der Waals surface area contributed by atoms with Crippen molar-refractivity contribution in [1.29, 1.82) is 0 Å². The van der Waals surface area contributed by atoms with Crippen LogP contribution in [0.2, 0.25) is 0 Å². The van der Waals surface area contributed by atoms with E-state index < -0.39 is 5.97 Å². The van der Waals surface area contributed by atoms with Crippen molar-refractivity contribution in [2.45, 2.75) is 25.8 Å². The quantitative estimate of drug-likeness (QED) is 0.594. The monoisotopic (exact) mass is 244 g/mol. The van der Waals surface area contributed by atoms with Gasteiger partial charge in [0.2, 0.25) is 5.91 Å². The number of carbonyl (C=O) groups is 2. The molecule has 0 saturated carbocycles. The summed E-state index contributed by atoms with van der Waals surface area (Å²) in [5, 5.41) is 20.5. The largest absolute Gasteiger partial charge is 0.480 e. The lowest BCUT2D eigenvalue weighted by molar-refractivity contribution is -0.138. The Balaban J connectivity index is 2.55. The highest BCUT2D eigenvalue weighted by Crippen LogP contribution is 2.19. The van der Waals surface area contributed by atoms with E-state index in [0.29, 0.717) is 19.5 Å². The topological polar surface area (TPSA) is 89.9 Å². The maximum absolute atomic E-state index is 11.0. The van der Waals surface area contributed by atoms with E-state index in [2.05, 4.69) is 5.32 Å². The van der Waals surface area contributed by atoms with Crippen molar-refractivity contribution in [2.24, 2.45) is 5.92 Å². The van der Waals surface area contributed by atoms with Crippen molar-refractivity contribution in [3.05, 3.63) is 0 Å². The third-order valence-electron chi connectivity index (χ3n) is 2.92. The number of aliphatic carboxylic acids is 1. The predicted octanol–water partition coefficient (Wildman–Crippen LogP) is -0.720. The lowest BCUT2D eigenvalue weighted by Crippen LogP contribution is -2.51. The molecule has 1 aliphatic heterocycles. The molecule has 17 heavy (non-hydrogen) atoms. The first-order valence-corrected chi connectivity index (χ1v) is 5.83. The zero-order valence-electron chi connectivity index (χ0n) is 10.1. The summed E-state index contributed by atoms with van der Waals surface area (Å²) in [5.41, 5.74) is 0. The van der Waals surface area contributed by atoms with Crippen molar-refractivity contribution in [2.75, 3.05) is 26.2 Å². The zero-order chi connectivity index (χ0) is 12.8. The van der Waals surface area contributed by atoms with Crippen LogP contribution in [0.15, 0.2) is 0 Å².